The maximum absolute atomic E-state index is 12.2. The van der Waals surface area contributed by atoms with Gasteiger partial charge in [-0.1, -0.05) is 41.4 Å². The molecule has 102 valence electrons. The lowest BCUT2D eigenvalue weighted by molar-refractivity contribution is -0.116. The highest BCUT2D eigenvalue weighted by atomic mass is 35.5. The van der Waals surface area contributed by atoms with Crippen molar-refractivity contribution in [2.75, 3.05) is 12.4 Å². The van der Waals surface area contributed by atoms with E-state index in [4.69, 9.17) is 27.9 Å². The van der Waals surface area contributed by atoms with Crippen molar-refractivity contribution in [3.63, 3.8) is 0 Å². The Balaban J connectivity index is 2.15. The number of rotatable bonds is 2. The lowest BCUT2D eigenvalue weighted by Crippen LogP contribution is -2.13. The lowest BCUT2D eigenvalue weighted by atomic mass is 9.92. The van der Waals surface area contributed by atoms with Gasteiger partial charge in [-0.3, -0.25) is 4.79 Å². The second kappa shape index (κ2) is 5.00. The molecule has 2 aromatic rings. The van der Waals surface area contributed by atoms with Crippen LogP contribution < -0.4 is 10.1 Å². The van der Waals surface area contributed by atoms with Crippen molar-refractivity contribution < 1.29 is 9.53 Å². The Kier molecular flexibility index (Phi) is 3.32. The monoisotopic (exact) mass is 307 g/mol. The Labute approximate surface area is 126 Å². The molecule has 3 nitrogen and oxygen atoms in total. The van der Waals surface area contributed by atoms with Gasteiger partial charge in [0.1, 0.15) is 5.75 Å². The Bertz CT molecular complexity index is 700. The number of anilines is 1. The zero-order valence-electron chi connectivity index (χ0n) is 10.6. The van der Waals surface area contributed by atoms with E-state index in [1.807, 2.05) is 18.2 Å². The third-order valence-electron chi connectivity index (χ3n) is 3.37. The number of nitrogens with one attached hydrogen (secondary N) is 1. The summed E-state index contributed by atoms with van der Waals surface area (Å²) in [4.78, 5) is 12.2. The molecule has 0 radical (unpaired) electrons. The molecule has 0 bridgehead atoms. The molecule has 1 heterocycles. The van der Waals surface area contributed by atoms with Crippen molar-refractivity contribution in [1.82, 2.24) is 0 Å². The summed E-state index contributed by atoms with van der Waals surface area (Å²) in [6, 6.07) is 10.8. The number of carbonyl (C=O) groups is 1. The van der Waals surface area contributed by atoms with Gasteiger partial charge >= 0.3 is 0 Å². The third kappa shape index (κ3) is 2.03. The van der Waals surface area contributed by atoms with Gasteiger partial charge in [-0.05, 0) is 23.3 Å². The molecule has 1 atom stereocenters. The highest BCUT2D eigenvalue weighted by Gasteiger charge is 2.34. The van der Waals surface area contributed by atoms with E-state index in [0.29, 0.717) is 21.5 Å². The molecule has 5 heteroatoms. The van der Waals surface area contributed by atoms with Gasteiger partial charge in [-0.25, -0.2) is 0 Å². The summed E-state index contributed by atoms with van der Waals surface area (Å²) in [7, 11) is 1.54. The molecule has 1 aliphatic rings. The number of halogens is 2. The molecule has 0 aromatic heterocycles. The van der Waals surface area contributed by atoms with Crippen molar-refractivity contribution in [3.05, 3.63) is 57.6 Å². The van der Waals surface area contributed by atoms with Crippen LogP contribution in [0.4, 0.5) is 5.69 Å². The number of fused-ring (bicyclic) bond motifs is 1. The summed E-state index contributed by atoms with van der Waals surface area (Å²) >= 11 is 12.3. The van der Waals surface area contributed by atoms with Gasteiger partial charge in [0.05, 0.1) is 18.1 Å². The summed E-state index contributed by atoms with van der Waals surface area (Å²) in [6.45, 7) is 0. The van der Waals surface area contributed by atoms with Crippen molar-refractivity contribution in [2.45, 2.75) is 5.92 Å². The standard InChI is InChI=1S/C15H11Cl2NO2/c1-20-13-7-12-9(6-11(13)17)14(15(19)18-12)8-4-2-3-5-10(8)16/h2-7,14H,1H3,(H,18,19). The maximum atomic E-state index is 12.2. The van der Waals surface area contributed by atoms with E-state index >= 15 is 0 Å². The molecular weight excluding hydrogens is 297 g/mol. The smallest absolute Gasteiger partial charge is 0.236 e. The molecule has 1 unspecified atom stereocenters. The van der Waals surface area contributed by atoms with Crippen LogP contribution in [0.25, 0.3) is 0 Å². The molecule has 0 saturated carbocycles. The highest BCUT2D eigenvalue weighted by Crippen LogP contribution is 2.43. The van der Waals surface area contributed by atoms with E-state index in [1.165, 1.54) is 7.11 Å². The van der Waals surface area contributed by atoms with Crippen molar-refractivity contribution in [3.8, 4) is 5.75 Å². The minimum atomic E-state index is -0.442. The summed E-state index contributed by atoms with van der Waals surface area (Å²) in [5.74, 6) is -0.0231. The first kappa shape index (κ1) is 13.3. The number of benzene rings is 2. The summed E-state index contributed by atoms with van der Waals surface area (Å²) < 4.78 is 5.16. The van der Waals surface area contributed by atoms with Crippen LogP contribution in [0.3, 0.4) is 0 Å². The first-order valence-electron chi connectivity index (χ1n) is 6.04. The van der Waals surface area contributed by atoms with Crippen LogP contribution in [0.1, 0.15) is 17.0 Å². The molecule has 0 saturated heterocycles. The Morgan fingerprint density at radius 3 is 2.55 bits per heavy atom. The normalized spacial score (nSPS) is 16.8. The molecule has 0 spiro atoms. The molecule has 20 heavy (non-hydrogen) atoms. The van der Waals surface area contributed by atoms with Crippen molar-refractivity contribution >= 4 is 34.8 Å². The van der Waals surface area contributed by atoms with Crippen LogP contribution in [0.5, 0.6) is 5.75 Å². The van der Waals surface area contributed by atoms with E-state index in [-0.39, 0.29) is 5.91 Å². The predicted molar refractivity (Wildman–Crippen MR) is 79.9 cm³/mol. The maximum Gasteiger partial charge on any atom is 0.236 e. The molecule has 1 N–H and O–H groups in total. The topological polar surface area (TPSA) is 38.3 Å². The first-order valence-corrected chi connectivity index (χ1v) is 6.80. The van der Waals surface area contributed by atoms with Crippen LogP contribution in [0, 0.1) is 0 Å². The molecule has 3 rings (SSSR count). The second-order valence-electron chi connectivity index (χ2n) is 4.52. The van der Waals surface area contributed by atoms with Gasteiger partial charge in [0, 0.05) is 16.8 Å². The van der Waals surface area contributed by atoms with Crippen LogP contribution in [-0.4, -0.2) is 13.0 Å². The van der Waals surface area contributed by atoms with E-state index in [9.17, 15) is 4.79 Å². The van der Waals surface area contributed by atoms with E-state index in [2.05, 4.69) is 5.32 Å². The number of ether oxygens (including phenoxy) is 1. The van der Waals surface area contributed by atoms with Crippen LogP contribution in [0.2, 0.25) is 10.0 Å². The van der Waals surface area contributed by atoms with Gasteiger partial charge in [0.25, 0.3) is 0 Å². The average Bonchev–Trinajstić information content (AvgIpc) is 2.74. The van der Waals surface area contributed by atoms with Gasteiger partial charge in [-0.2, -0.15) is 0 Å². The molecule has 0 aliphatic carbocycles. The lowest BCUT2D eigenvalue weighted by Gasteiger charge is -2.12. The highest BCUT2D eigenvalue weighted by molar-refractivity contribution is 6.33. The largest absolute Gasteiger partial charge is 0.495 e. The van der Waals surface area contributed by atoms with Crippen LogP contribution in [0.15, 0.2) is 36.4 Å². The Morgan fingerprint density at radius 1 is 1.10 bits per heavy atom. The predicted octanol–water partition coefficient (Wildman–Crippen LogP) is 4.09. The quantitative estimate of drug-likeness (QED) is 0.907. The summed E-state index contributed by atoms with van der Waals surface area (Å²) in [6.07, 6.45) is 0. The minimum Gasteiger partial charge on any atom is -0.495 e. The van der Waals surface area contributed by atoms with E-state index in [0.717, 1.165) is 11.1 Å². The number of amides is 1. The molecule has 1 amide bonds. The Hall–Kier alpha value is -1.71. The second-order valence-corrected chi connectivity index (χ2v) is 5.33. The van der Waals surface area contributed by atoms with Crippen molar-refractivity contribution in [2.24, 2.45) is 0 Å². The molecular formula is C15H11Cl2NO2. The number of hydrogen-bond donors (Lipinski definition) is 1. The van der Waals surface area contributed by atoms with Gasteiger partial charge in [0.15, 0.2) is 0 Å². The first-order chi connectivity index (χ1) is 9.61. The number of carbonyl (C=O) groups excluding carboxylic acids is 1. The SMILES string of the molecule is COc1cc2c(cc1Cl)C(c1ccccc1Cl)C(=O)N2. The fourth-order valence-corrected chi connectivity index (χ4v) is 2.93. The van der Waals surface area contributed by atoms with Crippen molar-refractivity contribution in [1.29, 1.82) is 0 Å². The molecule has 0 fully saturated rings. The molecule has 2 aromatic carbocycles. The average molecular weight is 308 g/mol. The van der Waals surface area contributed by atoms with Gasteiger partial charge in [0.2, 0.25) is 5.91 Å². The fraction of sp³-hybridized carbons (Fsp3) is 0.133. The van der Waals surface area contributed by atoms with Crippen LogP contribution in [-0.2, 0) is 4.79 Å². The number of methoxy groups -OCH3 is 1. The van der Waals surface area contributed by atoms with Crippen LogP contribution >= 0.6 is 23.2 Å². The third-order valence-corrected chi connectivity index (χ3v) is 4.01. The zero-order chi connectivity index (χ0) is 14.3. The fourth-order valence-electron chi connectivity index (χ4n) is 2.44. The van der Waals surface area contributed by atoms with Gasteiger partial charge in [-0.15, -0.1) is 0 Å². The van der Waals surface area contributed by atoms with E-state index < -0.39 is 5.92 Å². The minimum absolute atomic E-state index is 0.114. The molecule has 1 aliphatic heterocycles. The Morgan fingerprint density at radius 2 is 1.85 bits per heavy atom. The zero-order valence-corrected chi connectivity index (χ0v) is 12.1. The number of hydrogen-bond acceptors (Lipinski definition) is 2. The summed E-state index contributed by atoms with van der Waals surface area (Å²) in [5, 5.41) is 3.87. The van der Waals surface area contributed by atoms with Gasteiger partial charge < -0.3 is 10.1 Å². The van der Waals surface area contributed by atoms with E-state index in [1.54, 1.807) is 18.2 Å². The summed E-state index contributed by atoms with van der Waals surface area (Å²) in [5.41, 5.74) is 2.29.